The Kier molecular flexibility index (Phi) is 3.36. The van der Waals surface area contributed by atoms with Gasteiger partial charge in [0, 0.05) is 0 Å². The molecule has 0 bridgehead atoms. The average Bonchev–Trinajstić information content (AvgIpc) is 2.64. The minimum absolute atomic E-state index is 0.341. The van der Waals surface area contributed by atoms with Crippen LogP contribution in [0.15, 0.2) is 12.7 Å². The van der Waals surface area contributed by atoms with Gasteiger partial charge in [-0.3, -0.25) is 0 Å². The molecule has 0 aromatic carbocycles. The second kappa shape index (κ2) is 4.76. The highest BCUT2D eigenvalue weighted by Crippen LogP contribution is 2.17. The molecular formula is C10H13ClN4O. The Balaban J connectivity index is 2.28. The second-order valence-electron chi connectivity index (χ2n) is 3.68. The normalized spacial score (nSPS) is 13.2. The molecule has 0 aliphatic heterocycles. The van der Waals surface area contributed by atoms with Crippen molar-refractivity contribution in [3.8, 4) is 0 Å². The Hall–Kier alpha value is -1.20. The van der Waals surface area contributed by atoms with Crippen LogP contribution < -0.4 is 0 Å². The number of imidazole rings is 1. The van der Waals surface area contributed by atoms with Gasteiger partial charge in [-0.1, -0.05) is 24.9 Å². The number of rotatable bonds is 4. The maximum absolute atomic E-state index is 9.72. The largest absolute Gasteiger partial charge is 0.391 e. The maximum atomic E-state index is 9.72. The molecule has 2 heterocycles. The molecule has 16 heavy (non-hydrogen) atoms. The van der Waals surface area contributed by atoms with Gasteiger partial charge in [-0.15, -0.1) is 0 Å². The third-order valence-corrected chi connectivity index (χ3v) is 2.66. The number of halogens is 1. The molecule has 1 N–H and O–H groups in total. The summed E-state index contributed by atoms with van der Waals surface area (Å²) in [4.78, 5) is 12.1. The van der Waals surface area contributed by atoms with Gasteiger partial charge in [0.15, 0.2) is 10.8 Å². The zero-order chi connectivity index (χ0) is 11.5. The summed E-state index contributed by atoms with van der Waals surface area (Å²) < 4.78 is 1.79. The Morgan fingerprint density at radius 2 is 2.25 bits per heavy atom. The highest BCUT2D eigenvalue weighted by atomic mass is 35.5. The van der Waals surface area contributed by atoms with Gasteiger partial charge in [0.1, 0.15) is 11.8 Å². The summed E-state index contributed by atoms with van der Waals surface area (Å²) in [6.07, 6.45) is 4.36. The third kappa shape index (κ3) is 2.15. The van der Waals surface area contributed by atoms with E-state index in [0.29, 0.717) is 22.9 Å². The summed E-state index contributed by atoms with van der Waals surface area (Å²) in [5, 5.41) is 10.1. The molecule has 0 saturated carbocycles. The van der Waals surface area contributed by atoms with E-state index < -0.39 is 0 Å². The number of aromatic nitrogens is 4. The van der Waals surface area contributed by atoms with Crippen LogP contribution in [-0.4, -0.2) is 30.7 Å². The highest BCUT2D eigenvalue weighted by molar-refractivity contribution is 6.33. The van der Waals surface area contributed by atoms with Crippen LogP contribution in [0.3, 0.4) is 0 Å². The molecule has 0 fully saturated rings. The lowest BCUT2D eigenvalue weighted by Gasteiger charge is -2.09. The number of hydrogen-bond acceptors (Lipinski definition) is 4. The summed E-state index contributed by atoms with van der Waals surface area (Å²) in [7, 11) is 0. The molecule has 0 aliphatic rings. The number of nitrogens with zero attached hydrogens (tertiary/aromatic N) is 4. The average molecular weight is 241 g/mol. The molecule has 86 valence electrons. The first-order valence-electron chi connectivity index (χ1n) is 5.21. The van der Waals surface area contributed by atoms with Crippen LogP contribution in [0.4, 0.5) is 0 Å². The molecule has 6 heteroatoms. The van der Waals surface area contributed by atoms with Gasteiger partial charge in [0.05, 0.1) is 19.0 Å². The van der Waals surface area contributed by atoms with Crippen LogP contribution in [0.1, 0.15) is 19.8 Å². The van der Waals surface area contributed by atoms with Crippen LogP contribution in [-0.2, 0) is 6.54 Å². The third-order valence-electron chi connectivity index (χ3n) is 2.39. The van der Waals surface area contributed by atoms with E-state index in [2.05, 4.69) is 15.0 Å². The minimum atomic E-state index is -0.379. The Labute approximate surface area is 98.1 Å². The first kappa shape index (κ1) is 11.3. The van der Waals surface area contributed by atoms with E-state index in [1.54, 1.807) is 10.9 Å². The smallest absolute Gasteiger partial charge is 0.164 e. The molecule has 0 radical (unpaired) electrons. The van der Waals surface area contributed by atoms with Crippen LogP contribution in [0.5, 0.6) is 0 Å². The Morgan fingerprint density at radius 3 is 3.00 bits per heavy atom. The van der Waals surface area contributed by atoms with Gasteiger partial charge < -0.3 is 9.67 Å². The van der Waals surface area contributed by atoms with Crippen molar-refractivity contribution < 1.29 is 5.11 Å². The molecule has 1 atom stereocenters. The SMILES string of the molecule is CCCC(O)Cn1cnc2c(Cl)ncnc21. The van der Waals surface area contributed by atoms with E-state index in [4.69, 9.17) is 11.6 Å². The van der Waals surface area contributed by atoms with Crippen molar-refractivity contribution in [2.75, 3.05) is 0 Å². The molecule has 5 nitrogen and oxygen atoms in total. The lowest BCUT2D eigenvalue weighted by molar-refractivity contribution is 0.144. The molecule has 2 aromatic rings. The number of fused-ring (bicyclic) bond motifs is 1. The van der Waals surface area contributed by atoms with Crippen LogP contribution in [0.25, 0.3) is 11.2 Å². The Morgan fingerprint density at radius 1 is 1.44 bits per heavy atom. The summed E-state index contributed by atoms with van der Waals surface area (Å²) in [5.41, 5.74) is 1.24. The van der Waals surface area contributed by atoms with Crippen molar-refractivity contribution in [2.45, 2.75) is 32.4 Å². The van der Waals surface area contributed by atoms with Gasteiger partial charge in [0.2, 0.25) is 0 Å². The van der Waals surface area contributed by atoms with Crippen molar-refractivity contribution >= 4 is 22.8 Å². The number of aliphatic hydroxyl groups is 1. The molecule has 2 aromatic heterocycles. The first-order valence-corrected chi connectivity index (χ1v) is 5.59. The molecule has 0 saturated heterocycles. The molecule has 0 amide bonds. The van der Waals surface area contributed by atoms with Gasteiger partial charge in [-0.2, -0.15) is 0 Å². The fourth-order valence-electron chi connectivity index (χ4n) is 1.64. The molecule has 0 aliphatic carbocycles. The summed E-state index contributed by atoms with van der Waals surface area (Å²) >= 11 is 5.88. The van der Waals surface area contributed by atoms with Crippen LogP contribution in [0, 0.1) is 0 Å². The summed E-state index contributed by atoms with van der Waals surface area (Å²) in [5.74, 6) is 0. The van der Waals surface area contributed by atoms with E-state index in [1.165, 1.54) is 6.33 Å². The van der Waals surface area contributed by atoms with Crippen molar-refractivity contribution in [3.05, 3.63) is 17.8 Å². The van der Waals surface area contributed by atoms with Gasteiger partial charge in [0.25, 0.3) is 0 Å². The van der Waals surface area contributed by atoms with Crippen LogP contribution >= 0.6 is 11.6 Å². The van der Waals surface area contributed by atoms with Crippen molar-refractivity contribution in [1.82, 2.24) is 19.5 Å². The van der Waals surface area contributed by atoms with Crippen molar-refractivity contribution in [1.29, 1.82) is 0 Å². The lowest BCUT2D eigenvalue weighted by atomic mass is 10.2. The second-order valence-corrected chi connectivity index (χ2v) is 4.03. The maximum Gasteiger partial charge on any atom is 0.164 e. The van der Waals surface area contributed by atoms with Gasteiger partial charge in [-0.05, 0) is 6.42 Å². The number of hydrogen-bond donors (Lipinski definition) is 1. The fourth-order valence-corrected chi connectivity index (χ4v) is 1.81. The zero-order valence-electron chi connectivity index (χ0n) is 8.97. The molecule has 0 spiro atoms. The van der Waals surface area contributed by atoms with Gasteiger partial charge >= 0.3 is 0 Å². The molecule has 2 rings (SSSR count). The molecular weight excluding hydrogens is 228 g/mol. The van der Waals surface area contributed by atoms with E-state index in [-0.39, 0.29) is 6.10 Å². The van der Waals surface area contributed by atoms with Gasteiger partial charge in [-0.25, -0.2) is 15.0 Å². The van der Waals surface area contributed by atoms with E-state index in [9.17, 15) is 5.11 Å². The predicted octanol–water partition coefficient (Wildman–Crippen LogP) is 1.64. The first-order chi connectivity index (χ1) is 7.72. The Bertz CT molecular complexity index is 485. The summed E-state index contributed by atoms with van der Waals surface area (Å²) in [6.45, 7) is 2.52. The molecule has 1 unspecified atom stereocenters. The quantitative estimate of drug-likeness (QED) is 0.826. The highest BCUT2D eigenvalue weighted by Gasteiger charge is 2.11. The zero-order valence-corrected chi connectivity index (χ0v) is 9.72. The monoisotopic (exact) mass is 240 g/mol. The van der Waals surface area contributed by atoms with Crippen molar-refractivity contribution in [3.63, 3.8) is 0 Å². The van der Waals surface area contributed by atoms with E-state index >= 15 is 0 Å². The predicted molar refractivity (Wildman–Crippen MR) is 61.2 cm³/mol. The fraction of sp³-hybridized carbons (Fsp3) is 0.500. The lowest BCUT2D eigenvalue weighted by Crippen LogP contribution is -2.15. The topological polar surface area (TPSA) is 63.8 Å². The standard InChI is InChI=1S/C10H13ClN4O/c1-2-3-7(16)4-15-6-14-8-9(11)12-5-13-10(8)15/h5-7,16H,2-4H2,1H3. The van der Waals surface area contributed by atoms with Crippen molar-refractivity contribution in [2.24, 2.45) is 0 Å². The minimum Gasteiger partial charge on any atom is -0.391 e. The van der Waals surface area contributed by atoms with Crippen LogP contribution in [0.2, 0.25) is 5.15 Å². The number of aliphatic hydroxyl groups excluding tert-OH is 1. The van der Waals surface area contributed by atoms with E-state index in [1.807, 2.05) is 6.92 Å². The van der Waals surface area contributed by atoms with E-state index in [0.717, 1.165) is 12.8 Å². The summed E-state index contributed by atoms with van der Waals surface area (Å²) in [6, 6.07) is 0.